The summed E-state index contributed by atoms with van der Waals surface area (Å²) in [5, 5.41) is 20.7. The molecule has 5 rings (SSSR count). The largest absolute Gasteiger partial charge is 0.494 e. The molecule has 0 bridgehead atoms. The Morgan fingerprint density at radius 2 is 1.73 bits per heavy atom. The highest BCUT2D eigenvalue weighted by Crippen LogP contribution is 2.33. The summed E-state index contributed by atoms with van der Waals surface area (Å²) in [6.07, 6.45) is 5.34. The number of nitro groups is 1. The van der Waals surface area contributed by atoms with Gasteiger partial charge in [0.25, 0.3) is 11.6 Å². The second-order valence-corrected chi connectivity index (χ2v) is 10.9. The third kappa shape index (κ3) is 7.44. The maximum atomic E-state index is 13.1. The first-order valence-corrected chi connectivity index (χ1v) is 14.9. The highest BCUT2D eigenvalue weighted by atomic mass is 16.6. The van der Waals surface area contributed by atoms with Crippen molar-refractivity contribution in [3.63, 3.8) is 0 Å². The van der Waals surface area contributed by atoms with E-state index in [0.717, 1.165) is 31.2 Å². The van der Waals surface area contributed by atoms with Crippen LogP contribution in [0.4, 0.5) is 22.7 Å². The van der Waals surface area contributed by atoms with E-state index < -0.39 is 16.7 Å². The van der Waals surface area contributed by atoms with Gasteiger partial charge in [-0.2, -0.15) is 0 Å². The first kappa shape index (κ1) is 30.3. The number of carbonyl (C=O) groups excluding carboxylic acids is 2. The summed E-state index contributed by atoms with van der Waals surface area (Å²) in [7, 11) is 0. The lowest BCUT2D eigenvalue weighted by Crippen LogP contribution is -2.22. The summed E-state index contributed by atoms with van der Waals surface area (Å²) in [6, 6.07) is 22.7. The molecule has 0 spiro atoms. The van der Waals surface area contributed by atoms with Gasteiger partial charge in [-0.15, -0.1) is 0 Å². The summed E-state index contributed by atoms with van der Waals surface area (Å²) in [5.74, 6) is -0.217. The number of nitro benzene ring substituents is 1. The average Bonchev–Trinajstić information content (AvgIpc) is 3.53. The molecule has 44 heavy (non-hydrogen) atoms. The number of nitrogens with one attached hydrogen (secondary N) is 3. The van der Waals surface area contributed by atoms with Crippen molar-refractivity contribution in [1.82, 2.24) is 0 Å². The molecule has 1 aromatic heterocycles. The van der Waals surface area contributed by atoms with Crippen molar-refractivity contribution in [1.29, 1.82) is 0 Å². The molecule has 1 fully saturated rings. The topological polar surface area (TPSA) is 136 Å². The van der Waals surface area contributed by atoms with Crippen molar-refractivity contribution >= 4 is 34.6 Å². The van der Waals surface area contributed by atoms with Crippen molar-refractivity contribution in [2.45, 2.75) is 57.9 Å². The molecule has 1 aliphatic rings. The predicted molar refractivity (Wildman–Crippen MR) is 170 cm³/mol. The minimum atomic E-state index is -0.546. The molecule has 0 aliphatic heterocycles. The van der Waals surface area contributed by atoms with Crippen LogP contribution >= 0.6 is 0 Å². The van der Waals surface area contributed by atoms with Crippen molar-refractivity contribution in [3.8, 4) is 17.1 Å². The minimum Gasteiger partial charge on any atom is -0.494 e. The maximum absolute atomic E-state index is 13.1. The molecular weight excluding hydrogens is 560 g/mol. The van der Waals surface area contributed by atoms with Gasteiger partial charge in [0, 0.05) is 29.0 Å². The quantitative estimate of drug-likeness (QED) is 0.118. The Labute approximate surface area is 256 Å². The van der Waals surface area contributed by atoms with E-state index in [-0.39, 0.29) is 29.1 Å². The lowest BCUT2D eigenvalue weighted by molar-refractivity contribution is -0.383. The number of hydrogen-bond donors (Lipinski definition) is 3. The number of carbonyl (C=O) groups is 2. The van der Waals surface area contributed by atoms with Crippen molar-refractivity contribution in [2.75, 3.05) is 22.6 Å². The molecule has 3 N–H and O–H groups in total. The fraction of sp³-hybridized carbons (Fsp3) is 0.294. The number of ether oxygens (including phenoxy) is 1. The fourth-order valence-corrected chi connectivity index (χ4v) is 5.34. The molecule has 2 amide bonds. The number of anilines is 3. The van der Waals surface area contributed by atoms with Crippen LogP contribution in [-0.4, -0.2) is 29.4 Å². The van der Waals surface area contributed by atoms with E-state index in [1.165, 1.54) is 18.6 Å². The van der Waals surface area contributed by atoms with Gasteiger partial charge in [0.05, 0.1) is 17.4 Å². The summed E-state index contributed by atoms with van der Waals surface area (Å²) in [6.45, 7) is 4.11. The van der Waals surface area contributed by atoms with E-state index in [4.69, 9.17) is 9.15 Å². The van der Waals surface area contributed by atoms with Gasteiger partial charge in [-0.3, -0.25) is 19.7 Å². The summed E-state index contributed by atoms with van der Waals surface area (Å²) in [5.41, 5.74) is 2.69. The number of hydrogen-bond acceptors (Lipinski definition) is 7. The first-order chi connectivity index (χ1) is 21.3. The van der Waals surface area contributed by atoms with Crippen molar-refractivity contribution < 1.29 is 23.7 Å². The second kappa shape index (κ2) is 13.9. The zero-order chi connectivity index (χ0) is 31.1. The first-order valence-electron chi connectivity index (χ1n) is 14.9. The number of benzene rings is 3. The Morgan fingerprint density at radius 3 is 2.45 bits per heavy atom. The Morgan fingerprint density at radius 1 is 0.955 bits per heavy atom. The van der Waals surface area contributed by atoms with Crippen LogP contribution in [0.3, 0.4) is 0 Å². The van der Waals surface area contributed by atoms with Gasteiger partial charge in [0.1, 0.15) is 17.2 Å². The lowest BCUT2D eigenvalue weighted by Gasteiger charge is -2.23. The molecular formula is C34H36N4O6. The van der Waals surface area contributed by atoms with Crippen LogP contribution in [0.2, 0.25) is 0 Å². The maximum Gasteiger partial charge on any atom is 0.294 e. The Kier molecular flexibility index (Phi) is 9.59. The van der Waals surface area contributed by atoms with Crippen LogP contribution in [0.1, 0.15) is 68.0 Å². The molecule has 228 valence electrons. The molecule has 0 radical (unpaired) electrons. The van der Waals surface area contributed by atoms with Crippen LogP contribution in [0.25, 0.3) is 11.3 Å². The molecule has 1 atom stereocenters. The smallest absolute Gasteiger partial charge is 0.294 e. The van der Waals surface area contributed by atoms with Crippen molar-refractivity contribution in [3.05, 3.63) is 100 Å². The van der Waals surface area contributed by atoms with Gasteiger partial charge >= 0.3 is 0 Å². The number of nitrogens with zero attached hydrogens (tertiary/aromatic N) is 1. The van der Waals surface area contributed by atoms with Gasteiger partial charge in [-0.25, -0.2) is 0 Å². The minimum absolute atomic E-state index is 0.0327. The van der Waals surface area contributed by atoms with Crippen molar-refractivity contribution in [2.24, 2.45) is 0 Å². The van der Waals surface area contributed by atoms with Crippen LogP contribution in [0, 0.1) is 10.1 Å². The molecule has 1 saturated carbocycles. The molecule has 1 unspecified atom stereocenters. The van der Waals surface area contributed by atoms with Crippen LogP contribution in [0.15, 0.2) is 83.3 Å². The molecule has 1 aliphatic carbocycles. The van der Waals surface area contributed by atoms with E-state index in [2.05, 4.69) is 16.0 Å². The summed E-state index contributed by atoms with van der Waals surface area (Å²) in [4.78, 5) is 37.5. The third-order valence-electron chi connectivity index (χ3n) is 7.71. The summed E-state index contributed by atoms with van der Waals surface area (Å²) < 4.78 is 11.7. The highest BCUT2D eigenvalue weighted by molar-refractivity contribution is 6.03. The average molecular weight is 597 g/mol. The Hall–Kier alpha value is -5.12. The highest BCUT2D eigenvalue weighted by Gasteiger charge is 2.22. The van der Waals surface area contributed by atoms with Gasteiger partial charge in [0.15, 0.2) is 5.76 Å². The summed E-state index contributed by atoms with van der Waals surface area (Å²) >= 11 is 0. The molecule has 1 heterocycles. The Bertz CT molecular complexity index is 1630. The van der Waals surface area contributed by atoms with Crippen LogP contribution < -0.4 is 20.7 Å². The molecule has 10 nitrogen and oxygen atoms in total. The number of para-hydroxylation sites is 1. The van der Waals surface area contributed by atoms with Gasteiger partial charge < -0.3 is 25.1 Å². The zero-order valence-electron chi connectivity index (χ0n) is 24.8. The third-order valence-corrected chi connectivity index (χ3v) is 7.71. The van der Waals surface area contributed by atoms with E-state index in [1.54, 1.807) is 24.3 Å². The van der Waals surface area contributed by atoms with E-state index in [9.17, 15) is 19.7 Å². The molecule has 3 aromatic carbocycles. The molecule has 4 aromatic rings. The molecule has 10 heteroatoms. The zero-order valence-corrected chi connectivity index (χ0v) is 24.8. The predicted octanol–water partition coefficient (Wildman–Crippen LogP) is 7.99. The van der Waals surface area contributed by atoms with Gasteiger partial charge in [-0.1, -0.05) is 37.5 Å². The van der Waals surface area contributed by atoms with E-state index >= 15 is 0 Å². The monoisotopic (exact) mass is 596 g/mol. The Balaban J connectivity index is 1.32. The number of rotatable bonds is 11. The van der Waals surface area contributed by atoms with Gasteiger partial charge in [0.2, 0.25) is 5.91 Å². The standard InChI is InChI=1S/C34H36N4O6/c1-3-43-28-19-23(22(2)33(39)36-26-12-8-5-9-13-26)18-24(20-28)31-16-17-32(44-31)34(40)37-27-14-15-29(30(21-27)38(41)42)35-25-10-6-4-7-11-25/h5,8-9,12-22,25,35H,3-4,6-7,10-11H2,1-2H3,(H,36,39)(H,37,40). The number of furan rings is 1. The van der Waals surface area contributed by atoms with E-state index in [1.807, 2.05) is 56.3 Å². The lowest BCUT2D eigenvalue weighted by atomic mass is 9.95. The van der Waals surface area contributed by atoms with Crippen LogP contribution in [-0.2, 0) is 4.79 Å². The van der Waals surface area contributed by atoms with E-state index in [0.29, 0.717) is 35.1 Å². The molecule has 0 saturated heterocycles. The number of amides is 2. The SMILES string of the molecule is CCOc1cc(-c2ccc(C(=O)Nc3ccc(NC4CCCCC4)c([N+](=O)[O-])c3)o2)cc(C(C)C(=O)Nc2ccccc2)c1. The van der Waals surface area contributed by atoms with Crippen LogP contribution in [0.5, 0.6) is 5.75 Å². The normalized spacial score (nSPS) is 14.0. The fourth-order valence-electron chi connectivity index (χ4n) is 5.34. The van der Waals surface area contributed by atoms with Gasteiger partial charge in [-0.05, 0) is 86.8 Å². The second-order valence-electron chi connectivity index (χ2n) is 10.9.